The summed E-state index contributed by atoms with van der Waals surface area (Å²) in [5.74, 6) is 0. The molecule has 4 heteroatoms. The molecule has 0 aliphatic carbocycles. The zero-order valence-electron chi connectivity index (χ0n) is 9.10. The van der Waals surface area contributed by atoms with E-state index in [1.54, 1.807) is 6.33 Å². The maximum atomic E-state index is 6.14. The Labute approximate surface area is 103 Å². The van der Waals surface area contributed by atoms with Gasteiger partial charge in [0.15, 0.2) is 5.15 Å². The maximum absolute atomic E-state index is 6.14. The molecule has 3 aromatic rings. The highest BCUT2D eigenvalue weighted by molar-refractivity contribution is 6.35. The first-order valence-corrected chi connectivity index (χ1v) is 5.69. The summed E-state index contributed by atoms with van der Waals surface area (Å²) in [6, 6.07) is 7.92. The molecule has 0 atom stereocenters. The van der Waals surface area contributed by atoms with Crippen LogP contribution >= 0.6 is 11.6 Å². The molecule has 0 unspecified atom stereocenters. The molecule has 17 heavy (non-hydrogen) atoms. The van der Waals surface area contributed by atoms with Crippen LogP contribution in [0.4, 0.5) is 0 Å². The number of nitrogens with zero attached hydrogens (tertiary/aromatic N) is 3. The molecule has 0 radical (unpaired) electrons. The minimum absolute atomic E-state index is 0.446. The second-order valence-corrected chi connectivity index (χ2v) is 4.16. The molecular weight excluding hydrogens is 234 g/mol. The average Bonchev–Trinajstić information content (AvgIpc) is 2.75. The number of benzene rings is 1. The summed E-state index contributed by atoms with van der Waals surface area (Å²) in [7, 11) is 0. The number of fused-ring (bicyclic) bond motifs is 3. The van der Waals surface area contributed by atoms with E-state index in [0.717, 1.165) is 21.9 Å². The highest BCUT2D eigenvalue weighted by atomic mass is 35.5. The number of aromatic nitrogens is 3. The summed E-state index contributed by atoms with van der Waals surface area (Å²) in [5, 5.41) is 1.51. The van der Waals surface area contributed by atoms with Crippen LogP contribution in [0.5, 0.6) is 0 Å². The van der Waals surface area contributed by atoms with E-state index in [1.165, 1.54) is 0 Å². The standard InChI is InChI=1S/C13H10ClN3/c1-2-7-17-8-15-11-12(17)9-5-3-4-6-10(9)16-13(11)14/h2-6,8H,1,7H2. The highest BCUT2D eigenvalue weighted by Crippen LogP contribution is 2.28. The fraction of sp³-hybridized carbons (Fsp3) is 0.0769. The Kier molecular flexibility index (Phi) is 2.34. The fourth-order valence-corrected chi connectivity index (χ4v) is 2.25. The lowest BCUT2D eigenvalue weighted by Gasteiger charge is -2.04. The third-order valence-corrected chi connectivity index (χ3v) is 3.00. The molecule has 0 saturated carbocycles. The van der Waals surface area contributed by atoms with E-state index in [-0.39, 0.29) is 0 Å². The molecule has 0 spiro atoms. The lowest BCUT2D eigenvalue weighted by molar-refractivity contribution is 0.853. The Morgan fingerprint density at radius 3 is 3.00 bits per heavy atom. The fourth-order valence-electron chi connectivity index (χ4n) is 2.02. The van der Waals surface area contributed by atoms with Gasteiger partial charge < -0.3 is 4.57 Å². The number of hydrogen-bond acceptors (Lipinski definition) is 2. The summed E-state index contributed by atoms with van der Waals surface area (Å²) in [4.78, 5) is 8.65. The van der Waals surface area contributed by atoms with Crippen LogP contribution in [-0.4, -0.2) is 14.5 Å². The number of hydrogen-bond donors (Lipinski definition) is 0. The molecule has 3 nitrogen and oxygen atoms in total. The van der Waals surface area contributed by atoms with E-state index >= 15 is 0 Å². The zero-order valence-corrected chi connectivity index (χ0v) is 9.85. The van der Waals surface area contributed by atoms with Gasteiger partial charge in [-0.25, -0.2) is 9.97 Å². The van der Waals surface area contributed by atoms with Crippen LogP contribution in [-0.2, 0) is 6.54 Å². The molecule has 0 N–H and O–H groups in total. The van der Waals surface area contributed by atoms with Crippen molar-refractivity contribution >= 4 is 33.5 Å². The molecule has 3 rings (SSSR count). The van der Waals surface area contributed by atoms with E-state index in [0.29, 0.717) is 11.7 Å². The van der Waals surface area contributed by atoms with Crippen molar-refractivity contribution in [2.45, 2.75) is 6.54 Å². The van der Waals surface area contributed by atoms with Crippen LogP contribution < -0.4 is 0 Å². The van der Waals surface area contributed by atoms with Crippen molar-refractivity contribution in [3.05, 3.63) is 48.4 Å². The van der Waals surface area contributed by atoms with Crippen molar-refractivity contribution < 1.29 is 0 Å². The van der Waals surface area contributed by atoms with Gasteiger partial charge in [0.25, 0.3) is 0 Å². The van der Waals surface area contributed by atoms with Crippen LogP contribution in [0, 0.1) is 0 Å². The lowest BCUT2D eigenvalue weighted by atomic mass is 10.2. The summed E-state index contributed by atoms with van der Waals surface area (Å²) in [5.41, 5.74) is 2.64. The van der Waals surface area contributed by atoms with Crippen molar-refractivity contribution in [2.75, 3.05) is 0 Å². The maximum Gasteiger partial charge on any atom is 0.157 e. The summed E-state index contributed by atoms with van der Waals surface area (Å²) in [6.45, 7) is 4.46. The van der Waals surface area contributed by atoms with Gasteiger partial charge >= 0.3 is 0 Å². The number of pyridine rings is 1. The van der Waals surface area contributed by atoms with Crippen LogP contribution in [0.15, 0.2) is 43.2 Å². The quantitative estimate of drug-likeness (QED) is 0.510. The van der Waals surface area contributed by atoms with Gasteiger partial charge in [-0.2, -0.15) is 0 Å². The van der Waals surface area contributed by atoms with Crippen LogP contribution in [0.3, 0.4) is 0 Å². The number of allylic oxidation sites excluding steroid dienone is 1. The first-order chi connectivity index (χ1) is 8.31. The third-order valence-electron chi connectivity index (χ3n) is 2.74. The molecule has 0 bridgehead atoms. The van der Waals surface area contributed by atoms with E-state index in [4.69, 9.17) is 11.6 Å². The average molecular weight is 244 g/mol. The largest absolute Gasteiger partial charge is 0.326 e. The molecule has 1 aromatic carbocycles. The molecule has 0 saturated heterocycles. The van der Waals surface area contributed by atoms with E-state index in [2.05, 4.69) is 16.5 Å². The van der Waals surface area contributed by atoms with Crippen LogP contribution in [0.2, 0.25) is 5.15 Å². The molecule has 84 valence electrons. The first-order valence-electron chi connectivity index (χ1n) is 5.31. The summed E-state index contributed by atoms with van der Waals surface area (Å²) < 4.78 is 2.03. The predicted octanol–water partition coefficient (Wildman–Crippen LogP) is 3.42. The highest BCUT2D eigenvalue weighted by Gasteiger charge is 2.11. The Hall–Kier alpha value is -1.87. The molecule has 2 heterocycles. The van der Waals surface area contributed by atoms with Gasteiger partial charge in [0.05, 0.1) is 17.4 Å². The second-order valence-electron chi connectivity index (χ2n) is 3.80. The van der Waals surface area contributed by atoms with Crippen molar-refractivity contribution in [3.63, 3.8) is 0 Å². The number of halogens is 1. The zero-order chi connectivity index (χ0) is 11.8. The van der Waals surface area contributed by atoms with E-state index in [1.807, 2.05) is 34.9 Å². The molecular formula is C13H10ClN3. The molecule has 0 aliphatic rings. The Morgan fingerprint density at radius 2 is 2.18 bits per heavy atom. The molecule has 0 aliphatic heterocycles. The molecule has 2 aromatic heterocycles. The van der Waals surface area contributed by atoms with E-state index in [9.17, 15) is 0 Å². The van der Waals surface area contributed by atoms with Crippen molar-refractivity contribution in [2.24, 2.45) is 0 Å². The van der Waals surface area contributed by atoms with Gasteiger partial charge in [0, 0.05) is 11.9 Å². The van der Waals surface area contributed by atoms with Gasteiger partial charge in [0.2, 0.25) is 0 Å². The number of rotatable bonds is 2. The minimum atomic E-state index is 0.446. The van der Waals surface area contributed by atoms with Gasteiger partial charge in [0.1, 0.15) is 5.52 Å². The third kappa shape index (κ3) is 1.51. The second kappa shape index (κ2) is 3.86. The summed E-state index contributed by atoms with van der Waals surface area (Å²) in [6.07, 6.45) is 3.61. The monoisotopic (exact) mass is 243 g/mol. The van der Waals surface area contributed by atoms with Crippen molar-refractivity contribution in [1.29, 1.82) is 0 Å². The number of imidazole rings is 1. The smallest absolute Gasteiger partial charge is 0.157 e. The molecule has 0 fully saturated rings. The van der Waals surface area contributed by atoms with Crippen LogP contribution in [0.25, 0.3) is 21.9 Å². The number of para-hydroxylation sites is 1. The first kappa shape index (κ1) is 10.3. The minimum Gasteiger partial charge on any atom is -0.326 e. The lowest BCUT2D eigenvalue weighted by Crippen LogP contribution is -1.93. The topological polar surface area (TPSA) is 30.7 Å². The van der Waals surface area contributed by atoms with Crippen LogP contribution in [0.1, 0.15) is 0 Å². The Bertz CT molecular complexity index is 715. The van der Waals surface area contributed by atoms with Gasteiger partial charge in [-0.3, -0.25) is 0 Å². The van der Waals surface area contributed by atoms with Crippen molar-refractivity contribution in [1.82, 2.24) is 14.5 Å². The van der Waals surface area contributed by atoms with E-state index < -0.39 is 0 Å². The normalized spacial score (nSPS) is 11.1. The SMILES string of the molecule is C=CCn1cnc2c(Cl)nc3ccccc3c21. The Balaban J connectivity index is 2.51. The van der Waals surface area contributed by atoms with Gasteiger partial charge in [-0.1, -0.05) is 35.9 Å². The predicted molar refractivity (Wildman–Crippen MR) is 70.2 cm³/mol. The Morgan fingerprint density at radius 1 is 1.35 bits per heavy atom. The summed E-state index contributed by atoms with van der Waals surface area (Å²) >= 11 is 6.14. The molecule has 0 amide bonds. The van der Waals surface area contributed by atoms with Gasteiger partial charge in [-0.05, 0) is 6.07 Å². The van der Waals surface area contributed by atoms with Gasteiger partial charge in [-0.15, -0.1) is 6.58 Å². The van der Waals surface area contributed by atoms with Crippen molar-refractivity contribution in [3.8, 4) is 0 Å².